The van der Waals surface area contributed by atoms with Crippen molar-refractivity contribution in [1.29, 1.82) is 0 Å². The second kappa shape index (κ2) is 3.84. The minimum Gasteiger partial charge on any atom is -0.311 e. The van der Waals surface area contributed by atoms with Crippen LogP contribution in [-0.2, 0) is 0 Å². The molecule has 1 saturated heterocycles. The zero-order valence-electron chi connectivity index (χ0n) is 10.1. The quantitative estimate of drug-likeness (QED) is 0.626. The lowest BCUT2D eigenvalue weighted by atomic mass is 9.67. The van der Waals surface area contributed by atoms with Crippen molar-refractivity contribution in [3.8, 4) is 0 Å². The highest BCUT2D eigenvalue weighted by atomic mass is 15.0. The van der Waals surface area contributed by atoms with Gasteiger partial charge in [-0.05, 0) is 49.9 Å². The first kappa shape index (κ1) is 10.5. The smallest absolute Gasteiger partial charge is 0.0101 e. The first-order chi connectivity index (χ1) is 6.58. The highest BCUT2D eigenvalue weighted by Crippen LogP contribution is 2.39. The summed E-state index contributed by atoms with van der Waals surface area (Å²) in [7, 11) is 0. The Kier molecular flexibility index (Phi) is 2.88. The lowest BCUT2D eigenvalue weighted by Gasteiger charge is -2.46. The van der Waals surface area contributed by atoms with Crippen LogP contribution in [0.25, 0.3) is 0 Å². The zero-order chi connectivity index (χ0) is 10.3. The monoisotopic (exact) mass is 195 g/mol. The first-order valence-electron chi connectivity index (χ1n) is 6.34. The third-order valence-electron chi connectivity index (χ3n) is 4.85. The van der Waals surface area contributed by atoms with E-state index in [0.29, 0.717) is 0 Å². The lowest BCUT2D eigenvalue weighted by molar-refractivity contribution is 0.0839. The Bertz CT molecular complexity index is 159. The van der Waals surface area contributed by atoms with Gasteiger partial charge in [-0.2, -0.15) is 0 Å². The summed E-state index contributed by atoms with van der Waals surface area (Å²) < 4.78 is 0. The molecule has 14 heavy (non-hydrogen) atoms. The van der Waals surface area contributed by atoms with Crippen LogP contribution in [0.15, 0.2) is 0 Å². The number of hydrogen-bond donors (Lipinski definition) is 1. The molecule has 1 saturated carbocycles. The lowest BCUT2D eigenvalue weighted by Crippen LogP contribution is -2.53. The van der Waals surface area contributed by atoms with Crippen LogP contribution in [-0.4, -0.2) is 12.1 Å². The Morgan fingerprint density at radius 1 is 0.786 bits per heavy atom. The van der Waals surface area contributed by atoms with Crippen LogP contribution in [0.3, 0.4) is 0 Å². The number of piperidine rings is 1. The van der Waals surface area contributed by atoms with E-state index >= 15 is 0 Å². The number of fused-ring (bicyclic) bond motifs is 1. The van der Waals surface area contributed by atoms with Gasteiger partial charge in [0.2, 0.25) is 0 Å². The Labute approximate surface area is 88.7 Å². The van der Waals surface area contributed by atoms with Crippen molar-refractivity contribution >= 4 is 0 Å². The molecule has 6 atom stereocenters. The van der Waals surface area contributed by atoms with Crippen LogP contribution in [0.5, 0.6) is 0 Å². The summed E-state index contributed by atoms with van der Waals surface area (Å²) in [6.07, 6.45) is 4.31. The second-order valence-corrected chi connectivity index (χ2v) is 5.96. The molecule has 1 N–H and O–H groups in total. The van der Waals surface area contributed by atoms with Crippen LogP contribution in [0.4, 0.5) is 0 Å². The second-order valence-electron chi connectivity index (χ2n) is 5.96. The molecule has 0 aromatic rings. The van der Waals surface area contributed by atoms with Crippen molar-refractivity contribution in [1.82, 2.24) is 5.32 Å². The predicted octanol–water partition coefficient (Wildman–Crippen LogP) is 3.06. The summed E-state index contributed by atoms with van der Waals surface area (Å²) in [5, 5.41) is 3.82. The average Bonchev–Trinajstić information content (AvgIpc) is 2.11. The molecule has 82 valence electrons. The molecule has 0 amide bonds. The van der Waals surface area contributed by atoms with Gasteiger partial charge in [-0.15, -0.1) is 0 Å². The van der Waals surface area contributed by atoms with Crippen molar-refractivity contribution in [3.63, 3.8) is 0 Å². The Balaban J connectivity index is 2.01. The molecule has 0 bridgehead atoms. The van der Waals surface area contributed by atoms with Gasteiger partial charge in [-0.25, -0.2) is 0 Å². The van der Waals surface area contributed by atoms with Gasteiger partial charge >= 0.3 is 0 Å². The van der Waals surface area contributed by atoms with E-state index in [2.05, 4.69) is 33.0 Å². The molecule has 2 fully saturated rings. The van der Waals surface area contributed by atoms with Gasteiger partial charge < -0.3 is 5.32 Å². The average molecular weight is 195 g/mol. The molecular formula is C13H25N. The molecule has 1 aliphatic heterocycles. The Hall–Kier alpha value is -0.0400. The van der Waals surface area contributed by atoms with Gasteiger partial charge in [0, 0.05) is 12.1 Å². The summed E-state index contributed by atoms with van der Waals surface area (Å²) in [4.78, 5) is 0. The van der Waals surface area contributed by atoms with E-state index in [4.69, 9.17) is 0 Å². The van der Waals surface area contributed by atoms with Crippen molar-refractivity contribution in [2.45, 2.75) is 59.0 Å². The van der Waals surface area contributed by atoms with Crippen LogP contribution in [0.2, 0.25) is 0 Å². The van der Waals surface area contributed by atoms with E-state index in [1.54, 1.807) is 0 Å². The highest BCUT2D eigenvalue weighted by molar-refractivity contribution is 4.93. The van der Waals surface area contributed by atoms with Crippen LogP contribution in [0, 0.1) is 23.7 Å². The Morgan fingerprint density at radius 2 is 1.36 bits per heavy atom. The molecule has 0 spiro atoms. The SMILES string of the molecule is CC1CC2CC(C)C(C)NC2CC1C. The number of rotatable bonds is 0. The first-order valence-corrected chi connectivity index (χ1v) is 6.34. The van der Waals surface area contributed by atoms with Crippen LogP contribution in [0.1, 0.15) is 47.0 Å². The third-order valence-corrected chi connectivity index (χ3v) is 4.85. The van der Waals surface area contributed by atoms with E-state index in [-0.39, 0.29) is 0 Å². The Morgan fingerprint density at radius 3 is 2.07 bits per heavy atom. The molecule has 1 heteroatoms. The number of hydrogen-bond acceptors (Lipinski definition) is 1. The van der Waals surface area contributed by atoms with Crippen LogP contribution >= 0.6 is 0 Å². The summed E-state index contributed by atoms with van der Waals surface area (Å²) in [5.74, 6) is 3.70. The molecule has 1 nitrogen and oxygen atoms in total. The normalized spacial score (nSPS) is 54.0. The molecule has 0 aromatic heterocycles. The van der Waals surface area contributed by atoms with Gasteiger partial charge in [0.25, 0.3) is 0 Å². The fourth-order valence-electron chi connectivity index (χ4n) is 3.35. The van der Waals surface area contributed by atoms with Gasteiger partial charge in [0.1, 0.15) is 0 Å². The van der Waals surface area contributed by atoms with Gasteiger partial charge in [0.15, 0.2) is 0 Å². The van der Waals surface area contributed by atoms with E-state index < -0.39 is 0 Å². The molecule has 1 heterocycles. The molecule has 1 aliphatic carbocycles. The maximum Gasteiger partial charge on any atom is 0.0101 e. The molecule has 6 unspecified atom stereocenters. The van der Waals surface area contributed by atoms with E-state index in [0.717, 1.165) is 35.8 Å². The minimum absolute atomic E-state index is 0.733. The molecular weight excluding hydrogens is 170 g/mol. The van der Waals surface area contributed by atoms with Gasteiger partial charge in [0.05, 0.1) is 0 Å². The largest absolute Gasteiger partial charge is 0.311 e. The topological polar surface area (TPSA) is 12.0 Å². The summed E-state index contributed by atoms with van der Waals surface area (Å²) in [6, 6.07) is 1.56. The van der Waals surface area contributed by atoms with E-state index in [9.17, 15) is 0 Å². The van der Waals surface area contributed by atoms with Gasteiger partial charge in [-0.1, -0.05) is 20.8 Å². The summed E-state index contributed by atoms with van der Waals surface area (Å²) >= 11 is 0. The van der Waals surface area contributed by atoms with Crippen molar-refractivity contribution in [2.75, 3.05) is 0 Å². The van der Waals surface area contributed by atoms with Crippen molar-refractivity contribution in [2.24, 2.45) is 23.7 Å². The summed E-state index contributed by atoms with van der Waals surface area (Å²) in [6.45, 7) is 9.61. The predicted molar refractivity (Wildman–Crippen MR) is 61.2 cm³/mol. The van der Waals surface area contributed by atoms with E-state index in [1.165, 1.54) is 19.3 Å². The van der Waals surface area contributed by atoms with Crippen molar-refractivity contribution in [3.05, 3.63) is 0 Å². The van der Waals surface area contributed by atoms with Crippen LogP contribution < -0.4 is 5.32 Å². The maximum absolute atomic E-state index is 3.82. The minimum atomic E-state index is 0.733. The standard InChI is InChI=1S/C13H25N/c1-8-5-12-6-10(3)11(4)14-13(12)7-9(8)2/h8-14H,5-7H2,1-4H3. The maximum atomic E-state index is 3.82. The molecule has 2 rings (SSSR count). The fraction of sp³-hybridized carbons (Fsp3) is 1.00. The highest BCUT2D eigenvalue weighted by Gasteiger charge is 2.38. The zero-order valence-corrected chi connectivity index (χ0v) is 10.1. The molecule has 0 radical (unpaired) electrons. The summed E-state index contributed by atoms with van der Waals surface area (Å²) in [5.41, 5.74) is 0. The number of nitrogens with one attached hydrogen (secondary N) is 1. The molecule has 2 aliphatic rings. The van der Waals surface area contributed by atoms with E-state index in [1.807, 2.05) is 0 Å². The van der Waals surface area contributed by atoms with Gasteiger partial charge in [-0.3, -0.25) is 0 Å². The van der Waals surface area contributed by atoms with Crippen molar-refractivity contribution < 1.29 is 0 Å². The fourth-order valence-corrected chi connectivity index (χ4v) is 3.35. The third kappa shape index (κ3) is 1.84. The molecule has 0 aromatic carbocycles.